The summed E-state index contributed by atoms with van der Waals surface area (Å²) in [6.07, 6.45) is 4.64. The third kappa shape index (κ3) is 4.60. The monoisotopic (exact) mass is 343 g/mol. The number of carbonyl (C=O) groups is 1. The van der Waals surface area contributed by atoms with Crippen LogP contribution in [0.1, 0.15) is 37.6 Å². The third-order valence-corrected chi connectivity index (χ3v) is 4.45. The summed E-state index contributed by atoms with van der Waals surface area (Å²) in [5.74, 6) is 1.48. The van der Waals surface area contributed by atoms with Crippen LogP contribution in [0.25, 0.3) is 0 Å². The van der Waals surface area contributed by atoms with Crippen LogP contribution in [0.5, 0.6) is 0 Å². The Labute approximate surface area is 147 Å². The molecule has 2 aromatic rings. The Balaban J connectivity index is 1.57. The highest BCUT2D eigenvalue weighted by atomic mass is 16.2. The number of rotatable bonds is 6. The Morgan fingerprint density at radius 3 is 3.04 bits per heavy atom. The van der Waals surface area contributed by atoms with E-state index in [2.05, 4.69) is 37.6 Å². The van der Waals surface area contributed by atoms with E-state index in [1.807, 2.05) is 23.7 Å². The summed E-state index contributed by atoms with van der Waals surface area (Å²) in [5, 5.41) is 14.9. The summed E-state index contributed by atoms with van der Waals surface area (Å²) < 4.78 is 1.85. The van der Waals surface area contributed by atoms with Gasteiger partial charge in [-0.2, -0.15) is 0 Å². The van der Waals surface area contributed by atoms with Gasteiger partial charge < -0.3 is 5.32 Å². The van der Waals surface area contributed by atoms with Gasteiger partial charge in [0.05, 0.1) is 12.5 Å². The zero-order valence-corrected chi connectivity index (χ0v) is 14.9. The Morgan fingerprint density at radius 1 is 1.40 bits per heavy atom. The molecule has 3 rings (SSSR count). The van der Waals surface area contributed by atoms with Gasteiger partial charge in [-0.1, -0.05) is 13.0 Å². The number of piperidine rings is 1. The normalized spacial score (nSPS) is 18.2. The molecule has 1 aliphatic rings. The molecule has 1 atom stereocenters. The molecule has 1 saturated heterocycles. The van der Waals surface area contributed by atoms with E-state index in [1.165, 1.54) is 0 Å². The number of nitrogens with zero attached hydrogens (tertiary/aromatic N) is 6. The molecule has 0 saturated carbocycles. The van der Waals surface area contributed by atoms with Crippen LogP contribution in [0, 0.1) is 12.8 Å². The first-order valence-electron chi connectivity index (χ1n) is 8.86. The van der Waals surface area contributed by atoms with E-state index >= 15 is 0 Å². The quantitative estimate of drug-likeness (QED) is 0.858. The molecule has 1 N–H and O–H groups in total. The van der Waals surface area contributed by atoms with Crippen molar-refractivity contribution in [1.29, 1.82) is 0 Å². The zero-order chi connectivity index (χ0) is 17.6. The lowest BCUT2D eigenvalue weighted by Gasteiger charge is -2.31. The van der Waals surface area contributed by atoms with Gasteiger partial charge in [0.15, 0.2) is 5.82 Å². The van der Waals surface area contributed by atoms with Crippen LogP contribution in [0.3, 0.4) is 0 Å². The molecule has 1 aliphatic heterocycles. The molecule has 2 aromatic heterocycles. The molecular weight excluding hydrogens is 318 g/mol. The maximum absolute atomic E-state index is 12.5. The van der Waals surface area contributed by atoms with Crippen molar-refractivity contribution in [2.24, 2.45) is 5.92 Å². The van der Waals surface area contributed by atoms with Crippen molar-refractivity contribution in [3.8, 4) is 0 Å². The second kappa shape index (κ2) is 8.15. The minimum absolute atomic E-state index is 0.0349. The van der Waals surface area contributed by atoms with Gasteiger partial charge in [-0.15, -0.1) is 5.10 Å². The van der Waals surface area contributed by atoms with Gasteiger partial charge in [0.25, 0.3) is 0 Å². The minimum Gasteiger partial charge on any atom is -0.310 e. The number of likely N-dealkylation sites (tertiary alicyclic amines) is 1. The van der Waals surface area contributed by atoms with E-state index in [0.29, 0.717) is 12.4 Å². The fourth-order valence-electron chi connectivity index (χ4n) is 3.11. The van der Waals surface area contributed by atoms with E-state index in [9.17, 15) is 4.79 Å². The largest absolute Gasteiger partial charge is 0.310 e. The number of hydrogen-bond acceptors (Lipinski definition) is 6. The molecule has 8 nitrogen and oxygen atoms in total. The summed E-state index contributed by atoms with van der Waals surface area (Å²) >= 11 is 0. The Morgan fingerprint density at radius 2 is 2.28 bits per heavy atom. The van der Waals surface area contributed by atoms with Crippen LogP contribution in [0.4, 0.5) is 5.82 Å². The van der Waals surface area contributed by atoms with Gasteiger partial charge in [0, 0.05) is 19.3 Å². The third-order valence-electron chi connectivity index (χ3n) is 4.45. The fourth-order valence-corrected chi connectivity index (χ4v) is 3.11. The van der Waals surface area contributed by atoms with Crippen LogP contribution >= 0.6 is 0 Å². The number of carbonyl (C=O) groups excluding carboxylic acids is 1. The van der Waals surface area contributed by atoms with Crippen LogP contribution in [0.15, 0.2) is 18.3 Å². The first-order chi connectivity index (χ1) is 12.2. The smallest absolute Gasteiger partial charge is 0.229 e. The number of anilines is 1. The summed E-state index contributed by atoms with van der Waals surface area (Å²) in [6, 6.07) is 3.79. The molecule has 0 aromatic carbocycles. The Bertz CT molecular complexity index is 697. The fraction of sp³-hybridized carbons (Fsp3) is 0.588. The van der Waals surface area contributed by atoms with Crippen molar-refractivity contribution >= 4 is 11.7 Å². The number of amides is 1. The highest BCUT2D eigenvalue weighted by Crippen LogP contribution is 2.19. The van der Waals surface area contributed by atoms with Crippen molar-refractivity contribution in [2.75, 3.05) is 18.4 Å². The molecule has 0 spiro atoms. The topological polar surface area (TPSA) is 88.8 Å². The van der Waals surface area contributed by atoms with Gasteiger partial charge in [-0.25, -0.2) is 9.67 Å². The number of aryl methyl sites for hydroxylation is 2. The summed E-state index contributed by atoms with van der Waals surface area (Å²) in [7, 11) is 0. The zero-order valence-electron chi connectivity index (χ0n) is 14.9. The Hall–Kier alpha value is -2.35. The van der Waals surface area contributed by atoms with E-state index in [4.69, 9.17) is 0 Å². The first-order valence-corrected chi connectivity index (χ1v) is 8.86. The summed E-state index contributed by atoms with van der Waals surface area (Å²) in [6.45, 7) is 7.26. The van der Waals surface area contributed by atoms with E-state index < -0.39 is 0 Å². The Kier molecular flexibility index (Phi) is 5.70. The van der Waals surface area contributed by atoms with Crippen molar-refractivity contribution in [3.63, 3.8) is 0 Å². The molecule has 0 unspecified atom stereocenters. The summed E-state index contributed by atoms with van der Waals surface area (Å²) in [4.78, 5) is 19.1. The molecule has 134 valence electrons. The van der Waals surface area contributed by atoms with E-state index in [1.54, 1.807) is 6.20 Å². The molecule has 8 heteroatoms. The average Bonchev–Trinajstić information content (AvgIpc) is 3.04. The van der Waals surface area contributed by atoms with Crippen LogP contribution in [-0.4, -0.2) is 49.1 Å². The van der Waals surface area contributed by atoms with Gasteiger partial charge in [-0.05, 0) is 54.8 Å². The SMILES string of the molecule is CCCn1nnnc1CN1CCC[C@H](C(=O)Nc2ccc(C)cn2)C1. The van der Waals surface area contributed by atoms with Gasteiger partial charge >= 0.3 is 0 Å². The van der Waals surface area contributed by atoms with E-state index in [-0.39, 0.29) is 11.8 Å². The van der Waals surface area contributed by atoms with Gasteiger partial charge in [-0.3, -0.25) is 9.69 Å². The maximum Gasteiger partial charge on any atom is 0.229 e. The maximum atomic E-state index is 12.5. The molecular formula is C17H25N7O. The highest BCUT2D eigenvalue weighted by molar-refractivity contribution is 5.91. The highest BCUT2D eigenvalue weighted by Gasteiger charge is 2.27. The first kappa shape index (κ1) is 17.5. The van der Waals surface area contributed by atoms with Crippen LogP contribution in [-0.2, 0) is 17.9 Å². The molecule has 1 amide bonds. The van der Waals surface area contributed by atoms with Gasteiger partial charge in [0.1, 0.15) is 5.82 Å². The van der Waals surface area contributed by atoms with Crippen molar-refractivity contribution in [2.45, 2.75) is 46.2 Å². The predicted molar refractivity (Wildman–Crippen MR) is 93.7 cm³/mol. The lowest BCUT2D eigenvalue weighted by atomic mass is 9.97. The van der Waals surface area contributed by atoms with E-state index in [0.717, 1.165) is 50.3 Å². The number of pyridine rings is 1. The van der Waals surface area contributed by atoms with Crippen molar-refractivity contribution in [1.82, 2.24) is 30.1 Å². The average molecular weight is 343 g/mol. The van der Waals surface area contributed by atoms with Crippen LogP contribution < -0.4 is 5.32 Å². The molecule has 3 heterocycles. The lowest BCUT2D eigenvalue weighted by molar-refractivity contribution is -0.121. The molecule has 25 heavy (non-hydrogen) atoms. The number of tetrazole rings is 1. The second-order valence-electron chi connectivity index (χ2n) is 6.60. The predicted octanol–water partition coefficient (Wildman–Crippen LogP) is 1.64. The standard InChI is InChI=1S/C17H25N7O/c1-3-8-24-16(20-21-22-24)12-23-9-4-5-14(11-23)17(25)19-15-7-6-13(2)10-18-15/h6-7,10,14H,3-5,8-9,11-12H2,1-2H3,(H,18,19,25)/t14-/m0/s1. The number of hydrogen-bond donors (Lipinski definition) is 1. The molecule has 0 aliphatic carbocycles. The lowest BCUT2D eigenvalue weighted by Crippen LogP contribution is -2.40. The van der Waals surface area contributed by atoms with Gasteiger partial charge in [0.2, 0.25) is 5.91 Å². The molecule has 0 bridgehead atoms. The number of aromatic nitrogens is 5. The number of nitrogens with one attached hydrogen (secondary N) is 1. The van der Waals surface area contributed by atoms with Crippen molar-refractivity contribution in [3.05, 3.63) is 29.7 Å². The minimum atomic E-state index is -0.0349. The van der Waals surface area contributed by atoms with Crippen LogP contribution in [0.2, 0.25) is 0 Å². The molecule has 0 radical (unpaired) electrons. The van der Waals surface area contributed by atoms with Crippen molar-refractivity contribution < 1.29 is 4.79 Å². The summed E-state index contributed by atoms with van der Waals surface area (Å²) in [5.41, 5.74) is 1.08. The molecule has 1 fully saturated rings. The second-order valence-corrected chi connectivity index (χ2v) is 6.60.